The molecule has 0 spiro atoms. The van der Waals surface area contributed by atoms with E-state index in [1.165, 1.54) is 25.7 Å². The molecule has 5 nitrogen and oxygen atoms in total. The highest BCUT2D eigenvalue weighted by Gasteiger charge is 2.44. The Morgan fingerprint density at radius 2 is 1.78 bits per heavy atom. The molecule has 0 N–H and O–H groups in total. The first-order valence-corrected chi connectivity index (χ1v) is 9.45. The van der Waals surface area contributed by atoms with Crippen LogP contribution in [-0.4, -0.2) is 59.5 Å². The number of hydrogen-bond donors (Lipinski definition) is 0. The molecule has 0 unspecified atom stereocenters. The van der Waals surface area contributed by atoms with Crippen molar-refractivity contribution < 1.29 is 14.3 Å². The quantitative estimate of drug-likeness (QED) is 0.781. The minimum atomic E-state index is -0.122. The first-order valence-electron chi connectivity index (χ1n) is 9.45. The summed E-state index contributed by atoms with van der Waals surface area (Å²) in [6, 6.07) is 0.646. The van der Waals surface area contributed by atoms with Crippen LogP contribution in [0.1, 0.15) is 57.8 Å². The Morgan fingerprint density at radius 3 is 2.61 bits per heavy atom. The molecule has 2 amide bonds. The van der Waals surface area contributed by atoms with Crippen molar-refractivity contribution in [3.05, 3.63) is 0 Å². The van der Waals surface area contributed by atoms with E-state index in [-0.39, 0.29) is 29.9 Å². The Labute approximate surface area is 138 Å². The van der Waals surface area contributed by atoms with E-state index in [4.69, 9.17) is 4.74 Å². The molecule has 2 aliphatic carbocycles. The second kappa shape index (κ2) is 6.42. The Morgan fingerprint density at radius 1 is 1.04 bits per heavy atom. The van der Waals surface area contributed by atoms with E-state index >= 15 is 0 Å². The predicted octanol–water partition coefficient (Wildman–Crippen LogP) is 1.95. The maximum absolute atomic E-state index is 13.1. The number of morpholine rings is 1. The minimum absolute atomic E-state index is 0.122. The summed E-state index contributed by atoms with van der Waals surface area (Å²) < 4.78 is 5.88. The fourth-order valence-electron chi connectivity index (χ4n) is 5.07. The van der Waals surface area contributed by atoms with Crippen molar-refractivity contribution in [2.45, 2.75) is 76.0 Å². The van der Waals surface area contributed by atoms with E-state index in [2.05, 4.69) is 4.90 Å². The van der Waals surface area contributed by atoms with E-state index in [1.807, 2.05) is 4.90 Å². The summed E-state index contributed by atoms with van der Waals surface area (Å²) in [6.45, 7) is 2.01. The third-order valence-corrected chi connectivity index (χ3v) is 6.29. The van der Waals surface area contributed by atoms with Crippen molar-refractivity contribution in [1.82, 2.24) is 9.80 Å². The fraction of sp³-hybridized carbons (Fsp3) is 0.889. The van der Waals surface area contributed by atoms with Crippen molar-refractivity contribution >= 4 is 11.8 Å². The predicted molar refractivity (Wildman–Crippen MR) is 85.8 cm³/mol. The molecule has 23 heavy (non-hydrogen) atoms. The van der Waals surface area contributed by atoms with Crippen molar-refractivity contribution in [3.8, 4) is 0 Å². The van der Waals surface area contributed by atoms with Crippen molar-refractivity contribution in [1.29, 1.82) is 0 Å². The molecule has 0 aromatic carbocycles. The average Bonchev–Trinajstić information content (AvgIpc) is 3.23. The summed E-state index contributed by atoms with van der Waals surface area (Å²) in [7, 11) is 0. The van der Waals surface area contributed by atoms with Gasteiger partial charge < -0.3 is 14.5 Å². The van der Waals surface area contributed by atoms with Crippen LogP contribution in [0.2, 0.25) is 0 Å². The summed E-state index contributed by atoms with van der Waals surface area (Å²) >= 11 is 0. The number of fused-ring (bicyclic) bond motifs is 1. The summed E-state index contributed by atoms with van der Waals surface area (Å²) in [5.74, 6) is 0.284. The largest absolute Gasteiger partial charge is 0.374 e. The SMILES string of the molecule is O=C1C[C@H](C(=O)N2CCO[C@H]3CCCC[C@H]32)CN1C1CCCC1. The molecule has 0 bridgehead atoms. The Kier molecular flexibility index (Phi) is 4.31. The van der Waals surface area contributed by atoms with Gasteiger partial charge in [-0.15, -0.1) is 0 Å². The zero-order valence-electron chi connectivity index (χ0n) is 13.9. The standard InChI is InChI=1S/C18H28N2O3/c21-17-11-13(12-20(17)14-5-1-2-6-14)18(22)19-9-10-23-16-8-4-3-7-15(16)19/h13-16H,1-12H2/t13-,15+,16-/m0/s1. The van der Waals surface area contributed by atoms with Crippen molar-refractivity contribution in [3.63, 3.8) is 0 Å². The van der Waals surface area contributed by atoms with E-state index in [0.717, 1.165) is 25.7 Å². The summed E-state index contributed by atoms with van der Waals surface area (Å²) in [5.41, 5.74) is 0. The van der Waals surface area contributed by atoms with Crippen LogP contribution in [0.3, 0.4) is 0 Å². The molecule has 0 aromatic heterocycles. The molecule has 128 valence electrons. The highest BCUT2D eigenvalue weighted by molar-refractivity contribution is 5.89. The van der Waals surface area contributed by atoms with Crippen LogP contribution in [0.15, 0.2) is 0 Å². The fourth-order valence-corrected chi connectivity index (χ4v) is 5.07. The third kappa shape index (κ3) is 2.88. The number of nitrogens with zero attached hydrogens (tertiary/aromatic N) is 2. The van der Waals surface area contributed by atoms with Crippen molar-refractivity contribution in [2.24, 2.45) is 5.92 Å². The number of likely N-dealkylation sites (tertiary alicyclic amines) is 1. The van der Waals surface area contributed by atoms with E-state index in [0.29, 0.717) is 32.2 Å². The summed E-state index contributed by atoms with van der Waals surface area (Å²) in [4.78, 5) is 29.5. The molecule has 0 radical (unpaired) electrons. The number of rotatable bonds is 2. The van der Waals surface area contributed by atoms with Crippen LogP contribution in [0.4, 0.5) is 0 Å². The first kappa shape index (κ1) is 15.4. The number of amides is 2. The zero-order chi connectivity index (χ0) is 15.8. The first-order chi connectivity index (χ1) is 11.2. The lowest BCUT2D eigenvalue weighted by Crippen LogP contribution is -2.56. The molecule has 2 saturated carbocycles. The molecule has 4 fully saturated rings. The van der Waals surface area contributed by atoms with E-state index in [9.17, 15) is 9.59 Å². The molecule has 2 heterocycles. The molecular formula is C18H28N2O3. The molecule has 4 rings (SSSR count). The van der Waals surface area contributed by atoms with E-state index < -0.39 is 0 Å². The number of ether oxygens (including phenoxy) is 1. The van der Waals surface area contributed by atoms with Gasteiger partial charge in [-0.05, 0) is 25.7 Å². The monoisotopic (exact) mass is 320 g/mol. The Hall–Kier alpha value is -1.10. The van der Waals surface area contributed by atoms with Crippen LogP contribution < -0.4 is 0 Å². The number of carbonyl (C=O) groups is 2. The van der Waals surface area contributed by atoms with Gasteiger partial charge in [0.25, 0.3) is 0 Å². The molecule has 4 aliphatic rings. The third-order valence-electron chi connectivity index (χ3n) is 6.29. The molecule has 5 heteroatoms. The van der Waals surface area contributed by atoms with Gasteiger partial charge in [0, 0.05) is 25.6 Å². The van der Waals surface area contributed by atoms with Crippen LogP contribution in [0.5, 0.6) is 0 Å². The lowest BCUT2D eigenvalue weighted by Gasteiger charge is -2.44. The van der Waals surface area contributed by atoms with Gasteiger partial charge in [0.1, 0.15) is 0 Å². The number of hydrogen-bond acceptors (Lipinski definition) is 3. The second-order valence-electron chi connectivity index (χ2n) is 7.68. The van der Waals surface area contributed by atoms with Crippen molar-refractivity contribution in [2.75, 3.05) is 19.7 Å². The van der Waals surface area contributed by atoms with Crippen LogP contribution >= 0.6 is 0 Å². The second-order valence-corrected chi connectivity index (χ2v) is 7.68. The molecule has 0 aromatic rings. The van der Waals surface area contributed by atoms with Gasteiger partial charge in [-0.3, -0.25) is 9.59 Å². The zero-order valence-corrected chi connectivity index (χ0v) is 13.9. The summed E-state index contributed by atoms with van der Waals surface area (Å²) in [5, 5.41) is 0. The lowest BCUT2D eigenvalue weighted by molar-refractivity contribution is -0.153. The molecular weight excluding hydrogens is 292 g/mol. The van der Waals surface area contributed by atoms with Gasteiger partial charge in [-0.1, -0.05) is 25.7 Å². The number of carbonyl (C=O) groups excluding carboxylic acids is 2. The van der Waals surface area contributed by atoms with Gasteiger partial charge in [-0.25, -0.2) is 0 Å². The summed E-state index contributed by atoms with van der Waals surface area (Å²) in [6.07, 6.45) is 9.86. The van der Waals surface area contributed by atoms with Gasteiger partial charge in [-0.2, -0.15) is 0 Å². The van der Waals surface area contributed by atoms with Gasteiger partial charge in [0.2, 0.25) is 11.8 Å². The lowest BCUT2D eigenvalue weighted by atomic mass is 9.89. The smallest absolute Gasteiger partial charge is 0.228 e. The molecule has 2 saturated heterocycles. The van der Waals surface area contributed by atoms with Gasteiger partial charge >= 0.3 is 0 Å². The van der Waals surface area contributed by atoms with Crippen LogP contribution in [-0.2, 0) is 14.3 Å². The minimum Gasteiger partial charge on any atom is -0.374 e. The Balaban J connectivity index is 1.43. The van der Waals surface area contributed by atoms with Gasteiger partial charge in [0.15, 0.2) is 0 Å². The maximum Gasteiger partial charge on any atom is 0.228 e. The average molecular weight is 320 g/mol. The highest BCUT2D eigenvalue weighted by atomic mass is 16.5. The van der Waals surface area contributed by atoms with Crippen LogP contribution in [0.25, 0.3) is 0 Å². The normalized spacial score (nSPS) is 35.7. The van der Waals surface area contributed by atoms with E-state index in [1.54, 1.807) is 0 Å². The topological polar surface area (TPSA) is 49.9 Å². The Bertz CT molecular complexity index is 473. The molecule has 2 aliphatic heterocycles. The van der Waals surface area contributed by atoms with Crippen LogP contribution in [0, 0.1) is 5.92 Å². The maximum atomic E-state index is 13.1. The highest BCUT2D eigenvalue weighted by Crippen LogP contribution is 2.33. The van der Waals surface area contributed by atoms with Gasteiger partial charge in [0.05, 0.1) is 24.7 Å². The molecule has 3 atom stereocenters.